The van der Waals surface area contributed by atoms with Gasteiger partial charge in [-0.3, -0.25) is 9.69 Å². The number of carbonyl (C=O) groups is 1. The lowest BCUT2D eigenvalue weighted by Gasteiger charge is -2.27. The standard InChI is InChI=1S/C22H26N6O/c1-5-27-9-8-17-6-7-18(11-19(17)13-27)20-12-21(23-16(4)29)25-22(24-20)28-15(3)10-14(2)26-28/h6-7,10-12H,5,8-9,13H2,1-4H3,(H,23,24,25,29). The number of benzene rings is 1. The number of amides is 1. The molecule has 150 valence electrons. The van der Waals surface area contributed by atoms with Gasteiger partial charge in [0.15, 0.2) is 0 Å². The van der Waals surface area contributed by atoms with Crippen molar-refractivity contribution in [1.29, 1.82) is 0 Å². The fourth-order valence-corrected chi connectivity index (χ4v) is 3.80. The molecule has 1 amide bonds. The molecule has 1 aromatic carbocycles. The molecule has 0 aliphatic carbocycles. The first-order valence-electron chi connectivity index (χ1n) is 9.98. The Kier molecular flexibility index (Phi) is 5.15. The molecule has 0 saturated heterocycles. The maximum absolute atomic E-state index is 11.6. The van der Waals surface area contributed by atoms with E-state index in [9.17, 15) is 4.79 Å². The van der Waals surface area contributed by atoms with Gasteiger partial charge in [-0.2, -0.15) is 10.1 Å². The first-order chi connectivity index (χ1) is 13.9. The van der Waals surface area contributed by atoms with Crippen LogP contribution in [-0.4, -0.2) is 43.6 Å². The summed E-state index contributed by atoms with van der Waals surface area (Å²) in [6.07, 6.45) is 1.07. The van der Waals surface area contributed by atoms with Gasteiger partial charge in [0.25, 0.3) is 5.95 Å². The van der Waals surface area contributed by atoms with Crippen LogP contribution in [0.15, 0.2) is 30.3 Å². The topological polar surface area (TPSA) is 75.9 Å². The third-order valence-corrected chi connectivity index (χ3v) is 5.26. The van der Waals surface area contributed by atoms with Crippen molar-refractivity contribution in [3.8, 4) is 17.2 Å². The Morgan fingerprint density at radius 3 is 2.66 bits per heavy atom. The van der Waals surface area contributed by atoms with Crippen LogP contribution in [0, 0.1) is 13.8 Å². The molecule has 0 atom stereocenters. The average Bonchev–Trinajstić information content (AvgIpc) is 3.04. The molecule has 0 unspecified atom stereocenters. The zero-order chi connectivity index (χ0) is 20.5. The van der Waals surface area contributed by atoms with Gasteiger partial charge in [-0.15, -0.1) is 0 Å². The Balaban J connectivity index is 1.80. The van der Waals surface area contributed by atoms with Crippen molar-refractivity contribution in [1.82, 2.24) is 24.6 Å². The van der Waals surface area contributed by atoms with E-state index in [0.29, 0.717) is 11.8 Å². The molecule has 1 aliphatic rings. The number of nitrogens with zero attached hydrogens (tertiary/aromatic N) is 5. The number of rotatable bonds is 4. The van der Waals surface area contributed by atoms with E-state index < -0.39 is 0 Å². The third kappa shape index (κ3) is 4.05. The molecule has 29 heavy (non-hydrogen) atoms. The van der Waals surface area contributed by atoms with Gasteiger partial charge in [0.05, 0.1) is 11.4 Å². The molecule has 3 heterocycles. The van der Waals surface area contributed by atoms with Gasteiger partial charge in [-0.25, -0.2) is 9.67 Å². The van der Waals surface area contributed by atoms with Crippen LogP contribution in [0.4, 0.5) is 5.82 Å². The molecule has 7 heteroatoms. The van der Waals surface area contributed by atoms with Gasteiger partial charge in [-0.05, 0) is 50.1 Å². The smallest absolute Gasteiger partial charge is 0.253 e. The van der Waals surface area contributed by atoms with Gasteiger partial charge in [-0.1, -0.05) is 19.1 Å². The van der Waals surface area contributed by atoms with E-state index in [2.05, 4.69) is 45.4 Å². The van der Waals surface area contributed by atoms with Crippen molar-refractivity contribution in [2.45, 2.75) is 40.7 Å². The van der Waals surface area contributed by atoms with Gasteiger partial charge in [0.1, 0.15) is 5.82 Å². The quantitative estimate of drug-likeness (QED) is 0.740. The SMILES string of the molecule is CCN1CCc2ccc(-c3cc(NC(C)=O)nc(-n4nc(C)cc4C)n3)cc2C1. The minimum Gasteiger partial charge on any atom is -0.311 e. The maximum atomic E-state index is 11.6. The molecule has 0 bridgehead atoms. The molecule has 1 aliphatic heterocycles. The molecule has 7 nitrogen and oxygen atoms in total. The van der Waals surface area contributed by atoms with Gasteiger partial charge >= 0.3 is 0 Å². The Labute approximate surface area is 170 Å². The van der Waals surface area contributed by atoms with E-state index in [1.54, 1.807) is 4.68 Å². The van der Waals surface area contributed by atoms with Crippen molar-refractivity contribution in [3.05, 3.63) is 52.8 Å². The second kappa shape index (κ2) is 7.75. The number of carbonyl (C=O) groups excluding carboxylic acids is 1. The number of hydrogen-bond donors (Lipinski definition) is 1. The van der Waals surface area contributed by atoms with E-state index in [1.165, 1.54) is 18.1 Å². The molecule has 4 rings (SSSR count). The fraction of sp³-hybridized carbons (Fsp3) is 0.364. The summed E-state index contributed by atoms with van der Waals surface area (Å²) < 4.78 is 1.71. The molecule has 2 aromatic heterocycles. The lowest BCUT2D eigenvalue weighted by molar-refractivity contribution is -0.114. The number of anilines is 1. The van der Waals surface area contributed by atoms with Crippen molar-refractivity contribution >= 4 is 11.7 Å². The zero-order valence-corrected chi connectivity index (χ0v) is 17.4. The van der Waals surface area contributed by atoms with Crippen molar-refractivity contribution < 1.29 is 4.79 Å². The summed E-state index contributed by atoms with van der Waals surface area (Å²) in [6, 6.07) is 10.3. The molecular weight excluding hydrogens is 364 g/mol. The fourth-order valence-electron chi connectivity index (χ4n) is 3.80. The van der Waals surface area contributed by atoms with Crippen LogP contribution in [0.2, 0.25) is 0 Å². The maximum Gasteiger partial charge on any atom is 0.253 e. The summed E-state index contributed by atoms with van der Waals surface area (Å²) in [5.41, 5.74) is 6.35. The van der Waals surface area contributed by atoms with Crippen LogP contribution in [0.3, 0.4) is 0 Å². The number of likely N-dealkylation sites (N-methyl/N-ethyl adjacent to an activating group) is 1. The first kappa shape index (κ1) is 19.3. The second-order valence-corrected chi connectivity index (χ2v) is 7.56. The number of aryl methyl sites for hydroxylation is 2. The van der Waals surface area contributed by atoms with Gasteiger partial charge in [0, 0.05) is 37.3 Å². The highest BCUT2D eigenvalue weighted by Gasteiger charge is 2.17. The van der Waals surface area contributed by atoms with Crippen molar-refractivity contribution in [2.75, 3.05) is 18.4 Å². The molecule has 0 radical (unpaired) electrons. The lowest BCUT2D eigenvalue weighted by atomic mass is 9.96. The molecule has 3 aromatic rings. The van der Waals surface area contributed by atoms with E-state index >= 15 is 0 Å². The van der Waals surface area contributed by atoms with E-state index in [-0.39, 0.29) is 5.91 Å². The molecular formula is C22H26N6O. The minimum atomic E-state index is -0.169. The first-order valence-corrected chi connectivity index (χ1v) is 9.98. The van der Waals surface area contributed by atoms with Crippen LogP contribution < -0.4 is 5.32 Å². The highest BCUT2D eigenvalue weighted by Crippen LogP contribution is 2.27. The third-order valence-electron chi connectivity index (χ3n) is 5.26. The Morgan fingerprint density at radius 1 is 1.14 bits per heavy atom. The molecule has 0 fully saturated rings. The Morgan fingerprint density at radius 2 is 1.97 bits per heavy atom. The predicted molar refractivity (Wildman–Crippen MR) is 113 cm³/mol. The lowest BCUT2D eigenvalue weighted by Crippen LogP contribution is -2.30. The Hall–Kier alpha value is -3.06. The highest BCUT2D eigenvalue weighted by molar-refractivity contribution is 5.88. The van der Waals surface area contributed by atoms with Crippen molar-refractivity contribution in [3.63, 3.8) is 0 Å². The van der Waals surface area contributed by atoms with Gasteiger partial charge in [0.2, 0.25) is 5.91 Å². The minimum absolute atomic E-state index is 0.169. The van der Waals surface area contributed by atoms with Gasteiger partial charge < -0.3 is 5.32 Å². The number of aromatic nitrogens is 4. The summed E-state index contributed by atoms with van der Waals surface area (Å²) in [5.74, 6) is 0.751. The van der Waals surface area contributed by atoms with Crippen LogP contribution in [0.25, 0.3) is 17.2 Å². The number of fused-ring (bicyclic) bond motifs is 1. The van der Waals surface area contributed by atoms with E-state index in [1.807, 2.05) is 26.0 Å². The molecule has 0 saturated carbocycles. The normalized spacial score (nSPS) is 13.9. The van der Waals surface area contributed by atoms with Crippen molar-refractivity contribution in [2.24, 2.45) is 0 Å². The Bertz CT molecular complexity index is 1070. The van der Waals surface area contributed by atoms with Crippen LogP contribution in [0.5, 0.6) is 0 Å². The highest BCUT2D eigenvalue weighted by atomic mass is 16.1. The van der Waals surface area contributed by atoms with E-state index in [0.717, 1.165) is 48.7 Å². The largest absolute Gasteiger partial charge is 0.311 e. The second-order valence-electron chi connectivity index (χ2n) is 7.56. The monoisotopic (exact) mass is 390 g/mol. The summed E-state index contributed by atoms with van der Waals surface area (Å²) >= 11 is 0. The summed E-state index contributed by atoms with van der Waals surface area (Å²) in [4.78, 5) is 23.4. The number of hydrogen-bond acceptors (Lipinski definition) is 5. The molecule has 1 N–H and O–H groups in total. The van der Waals surface area contributed by atoms with Crippen LogP contribution >= 0.6 is 0 Å². The van der Waals surface area contributed by atoms with Crippen LogP contribution in [0.1, 0.15) is 36.4 Å². The predicted octanol–water partition coefficient (Wildman–Crippen LogP) is 3.28. The zero-order valence-electron chi connectivity index (χ0n) is 17.4. The van der Waals surface area contributed by atoms with E-state index in [4.69, 9.17) is 4.98 Å². The summed E-state index contributed by atoms with van der Waals surface area (Å²) in [7, 11) is 0. The summed E-state index contributed by atoms with van der Waals surface area (Å²) in [6.45, 7) is 10.7. The van der Waals surface area contributed by atoms with Crippen LogP contribution in [-0.2, 0) is 17.8 Å². The number of nitrogens with one attached hydrogen (secondary N) is 1. The average molecular weight is 390 g/mol. The molecule has 0 spiro atoms. The summed E-state index contributed by atoms with van der Waals surface area (Å²) in [5, 5.41) is 7.29.